The van der Waals surface area contributed by atoms with E-state index in [-0.39, 0.29) is 68.2 Å². The number of hydrogen-bond acceptors (Lipinski definition) is 29. The number of aliphatic hydroxyl groups is 9. The summed E-state index contributed by atoms with van der Waals surface area (Å²) in [4.78, 5) is 82.9. The third kappa shape index (κ3) is 18.1. The number of aliphatic carboxylic acids is 1. The van der Waals surface area contributed by atoms with Crippen molar-refractivity contribution in [1.82, 2.24) is 20.3 Å². The Kier molecular flexibility index (Phi) is 26.0. The highest BCUT2D eigenvalue weighted by Crippen LogP contribution is 2.43. The second kappa shape index (κ2) is 35.4. The van der Waals surface area contributed by atoms with Crippen LogP contribution < -0.4 is 16.6 Å². The number of rotatable bonds is 29. The molecule has 576 valence electrons. The predicted molar refractivity (Wildman–Crippen MR) is 369 cm³/mol. The van der Waals surface area contributed by atoms with Gasteiger partial charge in [0.15, 0.2) is 31.1 Å². The van der Waals surface area contributed by atoms with Crippen LogP contribution in [0.15, 0.2) is 146 Å². The molecule has 2 saturated carbocycles. The molecular formula is C75H88N4O28. The van der Waals surface area contributed by atoms with Gasteiger partial charge in [-0.25, -0.2) is 23.9 Å². The fourth-order valence-corrected chi connectivity index (χ4v) is 14.4. The summed E-state index contributed by atoms with van der Waals surface area (Å²) in [5.74, 6) is -5.48. The lowest BCUT2D eigenvalue weighted by Gasteiger charge is -2.48. The number of nitrogens with zero attached hydrogens (tertiary/aromatic N) is 3. The number of benzene rings is 4. The van der Waals surface area contributed by atoms with Gasteiger partial charge in [-0.1, -0.05) is 103 Å². The normalized spacial score (nSPS) is 32.1. The van der Waals surface area contributed by atoms with Gasteiger partial charge in [-0.3, -0.25) is 9.59 Å². The number of aliphatic hydroxyl groups excluding tert-OH is 9. The Labute approximate surface area is 611 Å². The van der Waals surface area contributed by atoms with Crippen LogP contribution in [0.5, 0.6) is 0 Å². The third-order valence-corrected chi connectivity index (χ3v) is 20.3. The maximum absolute atomic E-state index is 15.1. The van der Waals surface area contributed by atoms with Crippen molar-refractivity contribution in [3.8, 4) is 11.3 Å². The van der Waals surface area contributed by atoms with Crippen molar-refractivity contribution < 1.29 is 126 Å². The molecule has 2 aliphatic carbocycles. The fraction of sp³-hybridized carbons (Fsp3) is 0.520. The highest BCUT2D eigenvalue weighted by atomic mass is 16.8. The summed E-state index contributed by atoms with van der Waals surface area (Å²) in [6.45, 7) is 0.426. The van der Waals surface area contributed by atoms with Crippen molar-refractivity contribution in [2.75, 3.05) is 19.8 Å². The first kappa shape index (κ1) is 78.4. The Morgan fingerprint density at radius 2 is 1.18 bits per heavy atom. The van der Waals surface area contributed by atoms with Crippen LogP contribution in [0.25, 0.3) is 33.2 Å². The van der Waals surface area contributed by atoms with Crippen LogP contribution in [-0.2, 0) is 75.0 Å². The van der Waals surface area contributed by atoms with Gasteiger partial charge in [0.2, 0.25) is 5.91 Å². The lowest BCUT2D eigenvalue weighted by Crippen LogP contribution is -2.64. The summed E-state index contributed by atoms with van der Waals surface area (Å²) in [6.07, 6.45) is -33.2. The number of ketones is 1. The van der Waals surface area contributed by atoms with E-state index in [1.165, 1.54) is 29.8 Å². The molecule has 3 aliphatic heterocycles. The second-order valence-corrected chi connectivity index (χ2v) is 27.5. The van der Waals surface area contributed by atoms with Crippen LogP contribution >= 0.6 is 0 Å². The molecule has 7 aromatic rings. The number of fused-ring (bicyclic) bond motifs is 2. The van der Waals surface area contributed by atoms with Crippen LogP contribution in [-0.4, -0.2) is 238 Å². The highest BCUT2D eigenvalue weighted by Gasteiger charge is 2.56. The second-order valence-electron chi connectivity index (χ2n) is 27.5. The molecule has 6 heterocycles. The quantitative estimate of drug-likeness (QED) is 0.0181. The van der Waals surface area contributed by atoms with E-state index in [0.717, 1.165) is 0 Å². The minimum Gasteiger partial charge on any atom is -0.479 e. The van der Waals surface area contributed by atoms with Gasteiger partial charge in [-0.15, -0.1) is 5.10 Å². The van der Waals surface area contributed by atoms with Crippen LogP contribution in [0.3, 0.4) is 0 Å². The van der Waals surface area contributed by atoms with E-state index in [0.29, 0.717) is 39.6 Å². The molecule has 107 heavy (non-hydrogen) atoms. The summed E-state index contributed by atoms with van der Waals surface area (Å²) < 4.78 is 74.9. The molecule has 11 N–H and O–H groups in total. The Morgan fingerprint density at radius 1 is 0.598 bits per heavy atom. The number of ether oxygens (including phenoxy) is 10. The molecular weight excluding hydrogens is 1400 g/mol. The van der Waals surface area contributed by atoms with Crippen LogP contribution in [0.4, 0.5) is 0 Å². The minimum atomic E-state index is -1.90. The van der Waals surface area contributed by atoms with Gasteiger partial charge in [0.05, 0.1) is 79.8 Å². The van der Waals surface area contributed by atoms with Gasteiger partial charge < -0.3 is 113 Å². The number of para-hydroxylation sites is 2. The summed E-state index contributed by atoms with van der Waals surface area (Å²) in [5, 5.41) is 125. The Balaban J connectivity index is 0.805. The van der Waals surface area contributed by atoms with E-state index in [1.807, 2.05) is 0 Å². The van der Waals surface area contributed by atoms with Crippen molar-refractivity contribution in [2.24, 2.45) is 11.8 Å². The first-order valence-electron chi connectivity index (χ1n) is 35.7. The zero-order chi connectivity index (χ0) is 75.7. The van der Waals surface area contributed by atoms with Gasteiger partial charge >= 0.3 is 23.2 Å². The van der Waals surface area contributed by atoms with E-state index in [2.05, 4.69) is 15.6 Å². The van der Waals surface area contributed by atoms with E-state index in [9.17, 15) is 75.0 Å². The van der Waals surface area contributed by atoms with Gasteiger partial charge in [-0.2, -0.15) is 0 Å². The average molecular weight is 1490 g/mol. The molecule has 4 aromatic carbocycles. The van der Waals surface area contributed by atoms with Gasteiger partial charge in [-0.05, 0) is 81.8 Å². The van der Waals surface area contributed by atoms with E-state index < -0.39 is 208 Å². The maximum atomic E-state index is 15.1. The number of carbonyl (C=O) groups excluding carboxylic acids is 3. The highest BCUT2D eigenvalue weighted by molar-refractivity contribution is 5.89. The molecule has 12 rings (SSSR count). The van der Waals surface area contributed by atoms with E-state index >= 15 is 4.79 Å². The van der Waals surface area contributed by atoms with Crippen LogP contribution in [0, 0.1) is 11.8 Å². The smallest absolute Gasteiger partial charge is 0.341 e. The minimum absolute atomic E-state index is 0.00215. The number of aromatic nitrogens is 3. The molecule has 3 aromatic heterocycles. The summed E-state index contributed by atoms with van der Waals surface area (Å²) in [7, 11) is 0. The topological polar surface area (TPSA) is 466 Å². The fourth-order valence-electron chi connectivity index (χ4n) is 14.4. The average Bonchev–Trinajstić information content (AvgIpc) is 1.61. The number of nitrogens with one attached hydrogen (secondary N) is 1. The molecule has 32 nitrogen and oxygen atoms in total. The van der Waals surface area contributed by atoms with Crippen molar-refractivity contribution >= 4 is 45.6 Å². The predicted octanol–water partition coefficient (Wildman–Crippen LogP) is 1.88. The number of Topliss-reactive ketones (excluding diaryl/α,β-unsaturated/α-hetero) is 1. The standard InChI is InChI=1S/C75H88N4O28/c1-3-15-51(69(91)92)99-66-60(86)56(34-81)105-75(67(66)106-70(93)39-18-8-5-9-19-39)103-54-29-42(28-47(79-32-46(77-78-79)38-16-6-4-7-17-38)64(54)107-73-62(88)61(87)57(83)37(2)98-73)48(82)22-14-25-76-68(90)43-30-52(96-35-44-26-40-20-10-12-23-49(40)100-71(44)94)58(84)53(31-43)102-74-63(89)65(59(85)55(33-80)104-74)97-36-45-27-41-21-11-13-24-50(41)101-72(45)95/h4-13,16-21,23-24,26-27,32,37,42-43,47,51-67,73-75,80-81,83-89H,3,14-15,22,25,28-31,33-36H2,1-2H3,(H,76,90)(H,91,92)/t37?,42?,43-,47+,51-,52?,53+,54+,55?,56-,57+,58?,59-,60-,61-,62?,63?,64?,65+,66?,67?,73-,74+,75+/m0/s1. The molecule has 5 aliphatic rings. The van der Waals surface area contributed by atoms with Gasteiger partial charge in [0, 0.05) is 41.1 Å². The summed E-state index contributed by atoms with van der Waals surface area (Å²) in [5.41, 5.74) is 0.296. The Bertz CT molecular complexity index is 4260. The molecule has 3 saturated heterocycles. The molecule has 5 fully saturated rings. The number of hydrogen-bond donors (Lipinski definition) is 11. The number of carbonyl (C=O) groups is 4. The molecule has 0 bridgehead atoms. The maximum Gasteiger partial charge on any atom is 0.341 e. The van der Waals surface area contributed by atoms with E-state index in [4.69, 9.17) is 56.2 Å². The number of esters is 1. The largest absolute Gasteiger partial charge is 0.479 e. The first-order chi connectivity index (χ1) is 51.6. The van der Waals surface area contributed by atoms with Gasteiger partial charge in [0.25, 0.3) is 0 Å². The van der Waals surface area contributed by atoms with Crippen LogP contribution in [0.2, 0.25) is 0 Å². The van der Waals surface area contributed by atoms with Gasteiger partial charge in [0.1, 0.15) is 95.9 Å². The number of carboxylic acid groups (broad SMARTS) is 1. The molecule has 32 heteroatoms. The summed E-state index contributed by atoms with van der Waals surface area (Å²) >= 11 is 0. The van der Waals surface area contributed by atoms with Crippen LogP contribution in [0.1, 0.15) is 92.7 Å². The SMILES string of the molecule is CCC[C@H](OC1C(OC(=O)c2ccccc2)[C@H](O[C@@H]2CC(C(=O)CCCNC(=O)[C@H]3CC(OCc4cc5ccccc5oc4=O)C(O)[C@H](O[C@@H]4OC(CO)[C@H](O)[C@@H](OCc5cc6ccccc6oc5=O)C4O)C3)C[C@@H](n3cc(-c4ccccc4)nn3)C2O[C@@H]2OC(C)[C@@H](O)[C@H](O)C2O)O[C@@H](CO)[C@@H]1O)C(=O)O. The lowest BCUT2D eigenvalue weighted by atomic mass is 9.78. The molecule has 0 radical (unpaired) electrons. The lowest BCUT2D eigenvalue weighted by molar-refractivity contribution is -0.348. The number of carboxylic acids is 1. The van der Waals surface area contributed by atoms with E-state index in [1.54, 1.807) is 116 Å². The van der Waals surface area contributed by atoms with Crippen molar-refractivity contribution in [3.63, 3.8) is 0 Å². The van der Waals surface area contributed by atoms with Crippen molar-refractivity contribution in [3.05, 3.63) is 165 Å². The van der Waals surface area contributed by atoms with Crippen molar-refractivity contribution in [1.29, 1.82) is 0 Å². The van der Waals surface area contributed by atoms with Crippen molar-refractivity contribution in [2.45, 2.75) is 213 Å². The third-order valence-electron chi connectivity index (χ3n) is 20.3. The Hall–Kier alpha value is -8.20. The number of amides is 1. The molecule has 1 amide bonds. The zero-order valence-corrected chi connectivity index (χ0v) is 58.3. The molecule has 0 spiro atoms. The Morgan fingerprint density at radius 3 is 1.82 bits per heavy atom. The first-order valence-corrected chi connectivity index (χ1v) is 35.7. The molecule has 10 unspecified atom stereocenters. The zero-order valence-electron chi connectivity index (χ0n) is 58.3. The monoisotopic (exact) mass is 1490 g/mol. The molecule has 24 atom stereocenters. The summed E-state index contributed by atoms with van der Waals surface area (Å²) in [6, 6.07) is 32.0.